The predicted molar refractivity (Wildman–Crippen MR) is 168 cm³/mol. The lowest BCUT2D eigenvalue weighted by Crippen LogP contribution is -2.53. The molecule has 1 saturated heterocycles. The number of carboxylic acids is 1. The number of unbranched alkanes of at least 4 members (excludes halogenated alkanes) is 8. The van der Waals surface area contributed by atoms with Gasteiger partial charge in [-0.15, -0.1) is 5.92 Å². The second kappa shape index (κ2) is 20.3. The minimum Gasteiger partial charge on any atom is -0.481 e. The molecule has 9 nitrogen and oxygen atoms in total. The zero-order valence-corrected chi connectivity index (χ0v) is 26.3. The average Bonchev–Trinajstić information content (AvgIpc) is 3.34. The topological polar surface area (TPSA) is 139 Å². The lowest BCUT2D eigenvalue weighted by Gasteiger charge is -2.27. The molecule has 1 heterocycles. The van der Waals surface area contributed by atoms with Gasteiger partial charge in [-0.05, 0) is 50.3 Å². The summed E-state index contributed by atoms with van der Waals surface area (Å²) in [5, 5.41) is 23.4. The Morgan fingerprint density at radius 1 is 1.05 bits per heavy atom. The minimum absolute atomic E-state index is 0.00319. The van der Waals surface area contributed by atoms with Crippen molar-refractivity contribution in [1.29, 1.82) is 0 Å². The van der Waals surface area contributed by atoms with Crippen molar-refractivity contribution in [3.8, 4) is 17.6 Å². The summed E-state index contributed by atoms with van der Waals surface area (Å²) in [4.78, 5) is 49.8. The number of amides is 1. The fourth-order valence-electron chi connectivity index (χ4n) is 5.10. The summed E-state index contributed by atoms with van der Waals surface area (Å²) in [6.07, 6.45) is 14.3. The molecule has 0 spiro atoms. The van der Waals surface area contributed by atoms with Crippen LogP contribution in [0.2, 0.25) is 0 Å². The van der Waals surface area contributed by atoms with Crippen molar-refractivity contribution >= 4 is 23.6 Å². The van der Waals surface area contributed by atoms with Crippen molar-refractivity contribution in [2.45, 2.75) is 115 Å². The molecule has 0 radical (unpaired) electrons. The number of aliphatic carboxylic acids is 1. The van der Waals surface area contributed by atoms with Crippen LogP contribution in [-0.4, -0.2) is 58.7 Å². The van der Waals surface area contributed by atoms with Crippen molar-refractivity contribution in [3.63, 3.8) is 0 Å². The largest absolute Gasteiger partial charge is 0.481 e. The van der Waals surface area contributed by atoms with Crippen LogP contribution in [0.3, 0.4) is 0 Å². The summed E-state index contributed by atoms with van der Waals surface area (Å²) in [7, 11) is 0. The number of cyclic esters (lactones) is 1. The number of rotatable bonds is 22. The molecule has 0 saturated carbocycles. The smallest absolute Gasteiger partial charge is 0.339 e. The quantitative estimate of drug-likeness (QED) is 0.0693. The van der Waals surface area contributed by atoms with E-state index in [-0.39, 0.29) is 26.1 Å². The average molecular weight is 612 g/mol. The van der Waals surface area contributed by atoms with Crippen LogP contribution in [-0.2, 0) is 30.3 Å². The van der Waals surface area contributed by atoms with Gasteiger partial charge in [0.25, 0.3) is 0 Å². The Kier molecular flexibility index (Phi) is 16.9. The molecular weight excluding hydrogens is 562 g/mol. The third kappa shape index (κ3) is 12.9. The van der Waals surface area contributed by atoms with Crippen LogP contribution in [0.15, 0.2) is 36.4 Å². The van der Waals surface area contributed by atoms with Crippen molar-refractivity contribution in [2.24, 2.45) is 5.92 Å². The first-order valence-corrected chi connectivity index (χ1v) is 15.9. The first-order chi connectivity index (χ1) is 21.2. The molecule has 9 heteroatoms. The second-order valence-electron chi connectivity index (χ2n) is 11.3. The Morgan fingerprint density at radius 2 is 1.70 bits per heavy atom. The Labute approximate surface area is 261 Å². The number of carbonyl (C=O) groups excluding carboxylic acids is 3. The number of benzene rings is 1. The number of ketones is 1. The molecule has 1 aromatic rings. The van der Waals surface area contributed by atoms with Crippen molar-refractivity contribution in [3.05, 3.63) is 42.0 Å². The molecule has 1 fully saturated rings. The highest BCUT2D eigenvalue weighted by atomic mass is 16.6. The lowest BCUT2D eigenvalue weighted by molar-refractivity contribution is -0.160. The number of allylic oxidation sites excluding steroid dienone is 1. The zero-order chi connectivity index (χ0) is 32.2. The van der Waals surface area contributed by atoms with Gasteiger partial charge >= 0.3 is 11.9 Å². The van der Waals surface area contributed by atoms with Crippen LogP contribution in [0.25, 0.3) is 0 Å². The first kappa shape index (κ1) is 36.6. The summed E-state index contributed by atoms with van der Waals surface area (Å²) < 4.78 is 10.4. The summed E-state index contributed by atoms with van der Waals surface area (Å²) in [6, 6.07) is 5.53. The van der Waals surface area contributed by atoms with Gasteiger partial charge in [0.15, 0.2) is 5.60 Å². The van der Waals surface area contributed by atoms with E-state index < -0.39 is 35.4 Å². The standard InChI is InChI=1S/C35H49NO8/c1-3-5-7-10-13-16-28(37)17-14-11-8-9-12-15-18-30(35(42)23-25-44-34(35)41)32(38)36-31(33(39)40)26-27-19-21-29(22-20-27)43-24-6-4-2/h15,18-22,30-31,42H,3,5,7-14,16-17,23-26H2,1-2H3,(H,36,38)(H,39,40)/b18-15+/t30-,31+,35+/m1/s1. The number of esters is 1. The summed E-state index contributed by atoms with van der Waals surface area (Å²) in [5.41, 5.74) is -1.41. The summed E-state index contributed by atoms with van der Waals surface area (Å²) in [6.45, 7) is 4.11. The van der Waals surface area contributed by atoms with Gasteiger partial charge in [-0.25, -0.2) is 9.59 Å². The van der Waals surface area contributed by atoms with Gasteiger partial charge in [-0.3, -0.25) is 9.59 Å². The molecule has 44 heavy (non-hydrogen) atoms. The van der Waals surface area contributed by atoms with E-state index in [1.165, 1.54) is 25.3 Å². The molecule has 0 unspecified atom stereocenters. The van der Waals surface area contributed by atoms with Crippen LogP contribution in [0.4, 0.5) is 0 Å². The number of ether oxygens (including phenoxy) is 2. The molecule has 1 aromatic carbocycles. The molecule has 3 atom stereocenters. The van der Waals surface area contributed by atoms with E-state index in [0.29, 0.717) is 36.4 Å². The third-order valence-corrected chi connectivity index (χ3v) is 7.80. The highest BCUT2D eigenvalue weighted by Crippen LogP contribution is 2.30. The number of nitrogens with one attached hydrogen (secondary N) is 1. The van der Waals surface area contributed by atoms with E-state index in [4.69, 9.17) is 9.47 Å². The van der Waals surface area contributed by atoms with E-state index >= 15 is 0 Å². The van der Waals surface area contributed by atoms with Gasteiger partial charge in [0, 0.05) is 25.7 Å². The maximum absolute atomic E-state index is 13.3. The highest BCUT2D eigenvalue weighted by molar-refractivity contribution is 5.93. The van der Waals surface area contributed by atoms with Gasteiger partial charge in [0.2, 0.25) is 5.91 Å². The summed E-state index contributed by atoms with van der Waals surface area (Å²) >= 11 is 0. The van der Waals surface area contributed by atoms with Gasteiger partial charge in [-0.2, -0.15) is 0 Å². The Morgan fingerprint density at radius 3 is 2.30 bits per heavy atom. The number of carbonyl (C=O) groups is 4. The van der Waals surface area contributed by atoms with E-state index in [2.05, 4.69) is 24.1 Å². The van der Waals surface area contributed by atoms with Crippen LogP contribution in [0.1, 0.15) is 103 Å². The van der Waals surface area contributed by atoms with Gasteiger partial charge in [-0.1, -0.05) is 75.7 Å². The second-order valence-corrected chi connectivity index (χ2v) is 11.3. The SMILES string of the molecule is CC#CCOc1ccc(C[C@H](NC(=O)[C@@H](/C=C/CCCCCCC(=O)CCCCCCC)[C@@]2(O)CCOC2=O)C(=O)O)cc1. The van der Waals surface area contributed by atoms with Gasteiger partial charge in [0.05, 0.1) is 12.5 Å². The van der Waals surface area contributed by atoms with E-state index in [9.17, 15) is 29.4 Å². The molecule has 0 aliphatic carbocycles. The number of aliphatic hydroxyl groups is 1. The first-order valence-electron chi connectivity index (χ1n) is 15.9. The van der Waals surface area contributed by atoms with Crippen LogP contribution < -0.4 is 10.1 Å². The Balaban J connectivity index is 1.89. The number of carboxylic acid groups (broad SMARTS) is 1. The monoisotopic (exact) mass is 611 g/mol. The Hall–Kier alpha value is -3.64. The summed E-state index contributed by atoms with van der Waals surface area (Å²) in [5.74, 6) is 2.25. The third-order valence-electron chi connectivity index (χ3n) is 7.80. The van der Waals surface area contributed by atoms with Crippen LogP contribution in [0.5, 0.6) is 5.75 Å². The molecule has 3 N–H and O–H groups in total. The molecule has 0 aromatic heterocycles. The molecular formula is C35H49NO8. The van der Waals surface area contributed by atoms with Crippen LogP contribution >= 0.6 is 0 Å². The zero-order valence-electron chi connectivity index (χ0n) is 26.3. The molecule has 1 aliphatic heterocycles. The maximum Gasteiger partial charge on any atom is 0.339 e. The number of Topliss-reactive ketones (excluding diaryl/α,β-unsaturated/α-hetero) is 1. The number of hydrogen-bond acceptors (Lipinski definition) is 7. The fraction of sp³-hybridized carbons (Fsp3) is 0.600. The van der Waals surface area contributed by atoms with E-state index in [1.807, 2.05) is 0 Å². The predicted octanol–water partition coefficient (Wildman–Crippen LogP) is 5.32. The molecule has 1 aliphatic rings. The van der Waals surface area contributed by atoms with Crippen molar-refractivity contribution < 1.29 is 38.9 Å². The minimum atomic E-state index is -2.07. The normalized spacial score (nSPS) is 17.4. The van der Waals surface area contributed by atoms with Crippen molar-refractivity contribution in [2.75, 3.05) is 13.2 Å². The van der Waals surface area contributed by atoms with Gasteiger partial charge in [0.1, 0.15) is 24.2 Å². The van der Waals surface area contributed by atoms with Crippen molar-refractivity contribution in [1.82, 2.24) is 5.32 Å². The number of hydrogen-bond donors (Lipinski definition) is 3. The molecule has 1 amide bonds. The maximum atomic E-state index is 13.3. The van der Waals surface area contributed by atoms with Gasteiger partial charge < -0.3 is 25.0 Å². The molecule has 242 valence electrons. The highest BCUT2D eigenvalue weighted by Gasteiger charge is 2.51. The lowest BCUT2D eigenvalue weighted by atomic mass is 9.84. The molecule has 2 rings (SSSR count). The van der Waals surface area contributed by atoms with E-state index in [1.54, 1.807) is 37.3 Å². The fourth-order valence-corrected chi connectivity index (χ4v) is 5.10. The Bertz CT molecular complexity index is 1150. The van der Waals surface area contributed by atoms with E-state index in [0.717, 1.165) is 38.5 Å². The van der Waals surface area contributed by atoms with Crippen LogP contribution in [0, 0.1) is 17.8 Å². The molecule has 0 bridgehead atoms.